The molecule has 5 nitrogen and oxygen atoms in total. The van der Waals surface area contributed by atoms with Gasteiger partial charge in [0.1, 0.15) is 11.6 Å². The molecule has 0 radical (unpaired) electrons. The van der Waals surface area contributed by atoms with Gasteiger partial charge in [0.2, 0.25) is 0 Å². The molecule has 0 aliphatic carbocycles. The van der Waals surface area contributed by atoms with Crippen LogP contribution in [-0.2, 0) is 0 Å². The van der Waals surface area contributed by atoms with Crippen LogP contribution in [-0.4, -0.2) is 18.0 Å². The number of hydrogen-bond acceptors (Lipinski definition) is 4. The lowest BCUT2D eigenvalue weighted by molar-refractivity contribution is 0.102. The molecule has 1 aromatic heterocycles. The monoisotopic (exact) mass is 333 g/mol. The van der Waals surface area contributed by atoms with E-state index in [-0.39, 0.29) is 5.91 Å². The van der Waals surface area contributed by atoms with Crippen LogP contribution in [0.2, 0.25) is 0 Å². The molecule has 126 valence electrons. The molecule has 0 aliphatic rings. The Balaban J connectivity index is 1.68. The van der Waals surface area contributed by atoms with Crippen molar-refractivity contribution in [3.05, 3.63) is 78.0 Å². The van der Waals surface area contributed by atoms with E-state index in [0.29, 0.717) is 17.1 Å². The Labute approximate surface area is 146 Å². The first kappa shape index (κ1) is 16.5. The molecule has 0 spiro atoms. The van der Waals surface area contributed by atoms with Crippen LogP contribution in [0.1, 0.15) is 15.9 Å². The number of rotatable bonds is 5. The molecule has 1 heterocycles. The molecule has 0 bridgehead atoms. The van der Waals surface area contributed by atoms with Crippen molar-refractivity contribution in [2.45, 2.75) is 6.92 Å². The van der Waals surface area contributed by atoms with Crippen molar-refractivity contribution >= 4 is 23.1 Å². The summed E-state index contributed by atoms with van der Waals surface area (Å²) in [6.45, 7) is 1.91. The molecule has 5 heteroatoms. The van der Waals surface area contributed by atoms with E-state index in [2.05, 4.69) is 15.6 Å². The fourth-order valence-corrected chi connectivity index (χ4v) is 2.42. The Kier molecular flexibility index (Phi) is 4.95. The molecular weight excluding hydrogens is 314 g/mol. The Hall–Kier alpha value is -3.34. The topological polar surface area (TPSA) is 63.2 Å². The second-order valence-electron chi connectivity index (χ2n) is 5.56. The number of amides is 1. The third kappa shape index (κ3) is 4.14. The molecule has 0 aliphatic heterocycles. The lowest BCUT2D eigenvalue weighted by Gasteiger charge is -2.09. The van der Waals surface area contributed by atoms with Gasteiger partial charge in [0.05, 0.1) is 19.0 Å². The maximum absolute atomic E-state index is 12.3. The van der Waals surface area contributed by atoms with Gasteiger partial charge in [-0.1, -0.05) is 24.3 Å². The number of hydrogen-bond donors (Lipinski definition) is 2. The lowest BCUT2D eigenvalue weighted by atomic mass is 10.1. The maximum atomic E-state index is 12.3. The predicted octanol–water partition coefficient (Wildman–Crippen LogP) is 4.39. The minimum atomic E-state index is -0.145. The number of aromatic nitrogens is 1. The minimum absolute atomic E-state index is 0.145. The highest BCUT2D eigenvalue weighted by atomic mass is 16.5. The fourth-order valence-electron chi connectivity index (χ4n) is 2.42. The number of aryl methyl sites for hydroxylation is 1. The van der Waals surface area contributed by atoms with E-state index in [4.69, 9.17) is 4.74 Å². The molecule has 0 unspecified atom stereocenters. The van der Waals surface area contributed by atoms with E-state index in [1.54, 1.807) is 19.4 Å². The number of ether oxygens (including phenoxy) is 1. The van der Waals surface area contributed by atoms with Crippen LogP contribution < -0.4 is 15.4 Å². The van der Waals surface area contributed by atoms with E-state index >= 15 is 0 Å². The normalized spacial score (nSPS) is 10.2. The van der Waals surface area contributed by atoms with Crippen molar-refractivity contribution in [3.63, 3.8) is 0 Å². The number of pyridine rings is 1. The van der Waals surface area contributed by atoms with Gasteiger partial charge in [0.25, 0.3) is 5.91 Å². The zero-order valence-corrected chi connectivity index (χ0v) is 14.1. The van der Waals surface area contributed by atoms with Crippen LogP contribution in [0.15, 0.2) is 66.9 Å². The predicted molar refractivity (Wildman–Crippen MR) is 99.6 cm³/mol. The van der Waals surface area contributed by atoms with Gasteiger partial charge < -0.3 is 15.4 Å². The molecule has 3 rings (SSSR count). The van der Waals surface area contributed by atoms with Gasteiger partial charge in [0, 0.05) is 17.3 Å². The van der Waals surface area contributed by atoms with E-state index in [1.165, 1.54) is 0 Å². The quantitative estimate of drug-likeness (QED) is 0.727. The summed E-state index contributed by atoms with van der Waals surface area (Å²) >= 11 is 0. The lowest BCUT2D eigenvalue weighted by Crippen LogP contribution is -2.13. The highest BCUT2D eigenvalue weighted by Crippen LogP contribution is 2.21. The highest BCUT2D eigenvalue weighted by molar-refractivity contribution is 6.05. The van der Waals surface area contributed by atoms with Gasteiger partial charge in [-0.05, 0) is 42.8 Å². The smallest absolute Gasteiger partial charge is 0.255 e. The Morgan fingerprint density at radius 3 is 2.56 bits per heavy atom. The summed E-state index contributed by atoms with van der Waals surface area (Å²) in [7, 11) is 1.63. The van der Waals surface area contributed by atoms with Crippen molar-refractivity contribution in [1.82, 2.24) is 4.98 Å². The van der Waals surface area contributed by atoms with Crippen LogP contribution in [0.25, 0.3) is 0 Å². The number of carbonyl (C=O) groups excluding carboxylic acids is 1. The number of anilines is 3. The SMILES string of the molecule is COc1cccc(Nc2ccc(NC(=O)c3ccccc3C)cn2)c1. The number of benzene rings is 2. The molecule has 25 heavy (non-hydrogen) atoms. The molecule has 0 saturated heterocycles. The number of nitrogens with zero attached hydrogens (tertiary/aromatic N) is 1. The molecule has 0 saturated carbocycles. The van der Waals surface area contributed by atoms with E-state index < -0.39 is 0 Å². The first-order valence-electron chi connectivity index (χ1n) is 7.90. The number of methoxy groups -OCH3 is 1. The second kappa shape index (κ2) is 7.49. The molecule has 3 aromatic rings. The van der Waals surface area contributed by atoms with Crippen LogP contribution >= 0.6 is 0 Å². The van der Waals surface area contributed by atoms with Crippen LogP contribution in [0.3, 0.4) is 0 Å². The average Bonchev–Trinajstić information content (AvgIpc) is 2.64. The van der Waals surface area contributed by atoms with Crippen LogP contribution in [0.5, 0.6) is 5.75 Å². The molecule has 2 N–H and O–H groups in total. The number of nitrogens with one attached hydrogen (secondary N) is 2. The average molecular weight is 333 g/mol. The van der Waals surface area contributed by atoms with Crippen molar-refractivity contribution < 1.29 is 9.53 Å². The third-order valence-corrected chi connectivity index (χ3v) is 3.75. The zero-order chi connectivity index (χ0) is 17.6. The summed E-state index contributed by atoms with van der Waals surface area (Å²) in [5.41, 5.74) is 3.11. The minimum Gasteiger partial charge on any atom is -0.497 e. The summed E-state index contributed by atoms with van der Waals surface area (Å²) in [6, 6.07) is 18.7. The maximum Gasteiger partial charge on any atom is 0.255 e. The summed E-state index contributed by atoms with van der Waals surface area (Å²) in [6.07, 6.45) is 1.62. The molecule has 0 fully saturated rings. The largest absolute Gasteiger partial charge is 0.497 e. The van der Waals surface area contributed by atoms with Gasteiger partial charge in [-0.3, -0.25) is 4.79 Å². The van der Waals surface area contributed by atoms with E-state index in [1.807, 2.05) is 61.5 Å². The Morgan fingerprint density at radius 1 is 1.00 bits per heavy atom. The number of carbonyl (C=O) groups is 1. The standard InChI is InChI=1S/C20H19N3O2/c1-14-6-3-4-9-18(14)20(24)23-16-10-11-19(21-13-16)22-15-7-5-8-17(12-15)25-2/h3-13H,1-2H3,(H,21,22)(H,23,24). The summed E-state index contributed by atoms with van der Waals surface area (Å²) < 4.78 is 5.20. The first-order valence-corrected chi connectivity index (χ1v) is 7.90. The van der Waals surface area contributed by atoms with Crippen molar-refractivity contribution in [1.29, 1.82) is 0 Å². The van der Waals surface area contributed by atoms with Crippen molar-refractivity contribution in [2.75, 3.05) is 17.7 Å². The van der Waals surface area contributed by atoms with Gasteiger partial charge in [0.15, 0.2) is 0 Å². The molecular formula is C20H19N3O2. The Bertz CT molecular complexity index is 876. The summed E-state index contributed by atoms with van der Waals surface area (Å²) in [5, 5.41) is 6.06. The van der Waals surface area contributed by atoms with E-state index in [9.17, 15) is 4.79 Å². The van der Waals surface area contributed by atoms with E-state index in [0.717, 1.165) is 17.0 Å². The summed E-state index contributed by atoms with van der Waals surface area (Å²) in [5.74, 6) is 1.31. The van der Waals surface area contributed by atoms with Gasteiger partial charge in [-0.2, -0.15) is 0 Å². The van der Waals surface area contributed by atoms with Crippen molar-refractivity contribution in [3.8, 4) is 5.75 Å². The first-order chi connectivity index (χ1) is 12.2. The van der Waals surface area contributed by atoms with Gasteiger partial charge in [-0.25, -0.2) is 4.98 Å². The Morgan fingerprint density at radius 2 is 1.84 bits per heavy atom. The third-order valence-electron chi connectivity index (χ3n) is 3.75. The van der Waals surface area contributed by atoms with Gasteiger partial charge >= 0.3 is 0 Å². The molecule has 0 atom stereocenters. The molecule has 1 amide bonds. The highest BCUT2D eigenvalue weighted by Gasteiger charge is 2.08. The van der Waals surface area contributed by atoms with Crippen LogP contribution in [0, 0.1) is 6.92 Å². The molecule has 2 aromatic carbocycles. The zero-order valence-electron chi connectivity index (χ0n) is 14.1. The summed E-state index contributed by atoms with van der Waals surface area (Å²) in [4.78, 5) is 16.6. The fraction of sp³-hybridized carbons (Fsp3) is 0.100. The van der Waals surface area contributed by atoms with Gasteiger partial charge in [-0.15, -0.1) is 0 Å². The van der Waals surface area contributed by atoms with Crippen LogP contribution in [0.4, 0.5) is 17.2 Å². The second-order valence-corrected chi connectivity index (χ2v) is 5.56. The van der Waals surface area contributed by atoms with Crippen molar-refractivity contribution in [2.24, 2.45) is 0 Å².